The topological polar surface area (TPSA) is 169 Å². The Labute approximate surface area is 174 Å². The van der Waals surface area contributed by atoms with Gasteiger partial charge >= 0.3 is 17.9 Å². The Morgan fingerprint density at radius 2 is 1.19 bits per heavy atom. The summed E-state index contributed by atoms with van der Waals surface area (Å²) < 4.78 is 0. The van der Waals surface area contributed by atoms with E-state index in [4.69, 9.17) is 0 Å². The molecular weight excluding hydrogens is 408 g/mol. The van der Waals surface area contributed by atoms with E-state index >= 15 is 0 Å². The maximum absolute atomic E-state index is 12.8. The van der Waals surface area contributed by atoms with Crippen LogP contribution in [-0.4, -0.2) is 49.2 Å². The fourth-order valence-electron chi connectivity index (χ4n) is 3.11. The molecule has 0 amide bonds. The fraction of sp³-hybridized carbons (Fsp3) is 0. The number of allylic oxidation sites excluding steroid dienone is 4. The number of hydrogen-bond acceptors (Lipinski definition) is 6. The first kappa shape index (κ1) is 21.1. The minimum Gasteiger partial charge on any atom is -0.507 e. The minimum absolute atomic E-state index is 0.0260. The number of hydrogen-bond donors (Lipinski definition) is 5. The summed E-state index contributed by atoms with van der Waals surface area (Å²) in [5, 5.41) is 47.6. The van der Waals surface area contributed by atoms with E-state index in [9.17, 15) is 44.7 Å². The predicted octanol–water partition coefficient (Wildman–Crippen LogP) is 2.45. The van der Waals surface area contributed by atoms with Gasteiger partial charge in [-0.2, -0.15) is 0 Å². The molecule has 0 aromatic heterocycles. The van der Waals surface area contributed by atoms with E-state index in [0.717, 1.165) is 30.3 Å². The summed E-state index contributed by atoms with van der Waals surface area (Å²) in [7, 11) is 0. The smallest absolute Gasteiger partial charge is 0.339 e. The van der Waals surface area contributed by atoms with Gasteiger partial charge in [-0.25, -0.2) is 14.4 Å². The molecule has 1 aliphatic rings. The Hall–Kier alpha value is -4.66. The van der Waals surface area contributed by atoms with Gasteiger partial charge in [-0.05, 0) is 41.5 Å². The zero-order valence-electron chi connectivity index (χ0n) is 15.6. The van der Waals surface area contributed by atoms with Crippen LogP contribution in [-0.2, 0) is 9.59 Å². The SMILES string of the molecule is O=C(O)C1=CC=CC(=C(c2ccc(O)c(C(=O)O)c2)c2ccc(O)c(C(=O)O)c2)C1=O. The van der Waals surface area contributed by atoms with E-state index in [2.05, 4.69) is 0 Å². The third-order valence-electron chi connectivity index (χ3n) is 4.55. The molecule has 0 saturated heterocycles. The van der Waals surface area contributed by atoms with Gasteiger partial charge in [0.15, 0.2) is 0 Å². The number of aromatic hydroxyl groups is 2. The average molecular weight is 422 g/mol. The number of phenols is 2. The molecule has 9 nitrogen and oxygen atoms in total. The molecule has 0 heterocycles. The molecule has 0 saturated carbocycles. The highest BCUT2D eigenvalue weighted by molar-refractivity contribution is 6.28. The van der Waals surface area contributed by atoms with E-state index in [-0.39, 0.29) is 22.3 Å². The molecule has 156 valence electrons. The molecule has 0 radical (unpaired) electrons. The van der Waals surface area contributed by atoms with E-state index in [1.807, 2.05) is 0 Å². The van der Waals surface area contributed by atoms with Crippen molar-refractivity contribution in [2.75, 3.05) is 0 Å². The van der Waals surface area contributed by atoms with Crippen LogP contribution in [0, 0.1) is 0 Å². The van der Waals surface area contributed by atoms with Crippen LogP contribution in [0.5, 0.6) is 11.5 Å². The van der Waals surface area contributed by atoms with Gasteiger partial charge in [0, 0.05) is 11.1 Å². The first-order valence-corrected chi connectivity index (χ1v) is 8.65. The second kappa shape index (κ2) is 7.99. The monoisotopic (exact) mass is 422 g/mol. The first-order chi connectivity index (χ1) is 14.6. The lowest BCUT2D eigenvalue weighted by Gasteiger charge is -2.17. The van der Waals surface area contributed by atoms with Crippen LogP contribution in [0.4, 0.5) is 0 Å². The van der Waals surface area contributed by atoms with Gasteiger partial charge in [0.2, 0.25) is 5.78 Å². The highest BCUT2D eigenvalue weighted by Gasteiger charge is 2.27. The van der Waals surface area contributed by atoms with Gasteiger partial charge in [-0.15, -0.1) is 0 Å². The summed E-state index contributed by atoms with van der Waals surface area (Å²) >= 11 is 0. The van der Waals surface area contributed by atoms with Crippen molar-refractivity contribution in [2.45, 2.75) is 0 Å². The normalized spacial score (nSPS) is 13.0. The lowest BCUT2D eigenvalue weighted by molar-refractivity contribution is -0.134. The number of carboxylic acids is 3. The fourth-order valence-corrected chi connectivity index (χ4v) is 3.11. The minimum atomic E-state index is -1.47. The van der Waals surface area contributed by atoms with Crippen molar-refractivity contribution in [3.05, 3.63) is 88.0 Å². The number of aromatic carboxylic acids is 2. The summed E-state index contributed by atoms with van der Waals surface area (Å²) in [4.78, 5) is 47.1. The van der Waals surface area contributed by atoms with Crippen molar-refractivity contribution in [3.63, 3.8) is 0 Å². The molecule has 0 fully saturated rings. The zero-order chi connectivity index (χ0) is 22.9. The molecular formula is C22H14O9. The molecule has 3 rings (SSSR count). The Kier molecular flexibility index (Phi) is 5.43. The summed E-state index contributed by atoms with van der Waals surface area (Å²) in [6.45, 7) is 0. The zero-order valence-corrected chi connectivity index (χ0v) is 15.6. The summed E-state index contributed by atoms with van der Waals surface area (Å²) in [6.07, 6.45) is 3.73. The van der Waals surface area contributed by atoms with Crippen molar-refractivity contribution in [1.82, 2.24) is 0 Å². The van der Waals surface area contributed by atoms with Gasteiger partial charge in [0.1, 0.15) is 28.2 Å². The molecule has 9 heteroatoms. The van der Waals surface area contributed by atoms with Gasteiger partial charge in [-0.1, -0.05) is 24.3 Å². The van der Waals surface area contributed by atoms with Crippen molar-refractivity contribution in [3.8, 4) is 11.5 Å². The Balaban J connectivity index is 2.37. The van der Waals surface area contributed by atoms with Gasteiger partial charge in [-0.3, -0.25) is 4.79 Å². The van der Waals surface area contributed by atoms with Crippen molar-refractivity contribution in [1.29, 1.82) is 0 Å². The number of carbonyl (C=O) groups excluding carboxylic acids is 1. The number of carboxylic acid groups (broad SMARTS) is 3. The number of benzene rings is 2. The average Bonchev–Trinajstić information content (AvgIpc) is 2.71. The van der Waals surface area contributed by atoms with E-state index in [0.29, 0.717) is 0 Å². The Morgan fingerprint density at radius 3 is 1.61 bits per heavy atom. The first-order valence-electron chi connectivity index (χ1n) is 8.65. The van der Waals surface area contributed by atoms with Crippen LogP contribution >= 0.6 is 0 Å². The van der Waals surface area contributed by atoms with Crippen LogP contribution in [0.25, 0.3) is 5.57 Å². The largest absolute Gasteiger partial charge is 0.507 e. The predicted molar refractivity (Wildman–Crippen MR) is 106 cm³/mol. The lowest BCUT2D eigenvalue weighted by Crippen LogP contribution is -2.17. The van der Waals surface area contributed by atoms with Crippen molar-refractivity contribution >= 4 is 29.3 Å². The standard InChI is InChI=1S/C22H14O9/c23-16-6-4-10(8-14(16)21(28)29)18(11-5-7-17(24)15(9-11)22(30)31)12-2-1-3-13(19(12)25)20(26)27/h1-9,23-24H,(H,26,27)(H,28,29)(H,30,31). The summed E-state index contributed by atoms with van der Waals surface area (Å²) in [5.41, 5.74) is -1.39. The second-order valence-electron chi connectivity index (χ2n) is 6.44. The molecule has 2 aromatic carbocycles. The Morgan fingerprint density at radius 1 is 0.710 bits per heavy atom. The van der Waals surface area contributed by atoms with E-state index < -0.39 is 51.9 Å². The molecule has 1 aliphatic carbocycles. The van der Waals surface area contributed by atoms with Gasteiger partial charge < -0.3 is 25.5 Å². The maximum Gasteiger partial charge on any atom is 0.339 e. The Bertz CT molecular complexity index is 1180. The highest BCUT2D eigenvalue weighted by atomic mass is 16.4. The number of Topliss-reactive ketones (excluding diaryl/α,β-unsaturated/α-hetero) is 1. The number of carbonyl (C=O) groups is 4. The molecule has 0 bridgehead atoms. The van der Waals surface area contributed by atoms with Gasteiger partial charge in [0.05, 0.1) is 0 Å². The van der Waals surface area contributed by atoms with E-state index in [1.54, 1.807) is 0 Å². The number of rotatable bonds is 5. The summed E-state index contributed by atoms with van der Waals surface area (Å²) in [5.74, 6) is -6.31. The molecule has 0 atom stereocenters. The maximum atomic E-state index is 12.8. The van der Waals surface area contributed by atoms with Gasteiger partial charge in [0.25, 0.3) is 0 Å². The third-order valence-corrected chi connectivity index (χ3v) is 4.55. The second-order valence-corrected chi connectivity index (χ2v) is 6.44. The number of ketones is 1. The van der Waals surface area contributed by atoms with Crippen molar-refractivity contribution < 1.29 is 44.7 Å². The summed E-state index contributed by atoms with van der Waals surface area (Å²) in [6, 6.07) is 6.93. The lowest BCUT2D eigenvalue weighted by atomic mass is 9.85. The van der Waals surface area contributed by atoms with Crippen LogP contribution in [0.15, 0.2) is 65.8 Å². The van der Waals surface area contributed by atoms with Crippen LogP contribution < -0.4 is 0 Å². The molecule has 0 spiro atoms. The van der Waals surface area contributed by atoms with Crippen LogP contribution in [0.3, 0.4) is 0 Å². The quantitative estimate of drug-likeness (QED) is 0.359. The molecule has 5 N–H and O–H groups in total. The van der Waals surface area contributed by atoms with Crippen molar-refractivity contribution in [2.24, 2.45) is 0 Å². The van der Waals surface area contributed by atoms with E-state index in [1.165, 1.54) is 24.3 Å². The van der Waals surface area contributed by atoms with Crippen LogP contribution in [0.1, 0.15) is 31.8 Å². The number of aliphatic carboxylic acids is 1. The third kappa shape index (κ3) is 3.92. The molecule has 31 heavy (non-hydrogen) atoms. The van der Waals surface area contributed by atoms with Crippen LogP contribution in [0.2, 0.25) is 0 Å². The molecule has 0 unspecified atom stereocenters. The molecule has 2 aromatic rings. The highest BCUT2D eigenvalue weighted by Crippen LogP contribution is 2.35. The molecule has 0 aliphatic heterocycles.